The van der Waals surface area contributed by atoms with Gasteiger partial charge in [0.05, 0.1) is 40.9 Å². The van der Waals surface area contributed by atoms with Crippen LogP contribution in [0, 0.1) is 6.57 Å². The number of esters is 2. The lowest BCUT2D eigenvalue weighted by molar-refractivity contribution is -0.870. The molecule has 0 saturated carbocycles. The molecule has 0 saturated heterocycles. The first kappa shape index (κ1) is 53.5. The van der Waals surface area contributed by atoms with E-state index in [-0.39, 0.29) is 45.4 Å². The van der Waals surface area contributed by atoms with E-state index in [1.807, 2.05) is 0 Å². The van der Waals surface area contributed by atoms with E-state index in [0.717, 1.165) is 49.6 Å². The highest BCUT2D eigenvalue weighted by atomic mass is 31.2. The fourth-order valence-corrected chi connectivity index (χ4v) is 7.62. The summed E-state index contributed by atoms with van der Waals surface area (Å²) in [5, 5.41) is 0. The van der Waals surface area contributed by atoms with Crippen LogP contribution in [0.3, 0.4) is 0 Å². The number of rotatable bonds is 42. The number of carbonyl (C=O) groups excluding carboxylic acids is 2. The number of phosphoric acid groups is 1. The molecule has 10 nitrogen and oxygen atoms in total. The van der Waals surface area contributed by atoms with Crippen molar-refractivity contribution in [2.75, 3.05) is 60.7 Å². The molecule has 0 aliphatic heterocycles. The number of hydrogen-bond donors (Lipinski definition) is 0. The van der Waals surface area contributed by atoms with E-state index in [9.17, 15) is 14.2 Å². The minimum Gasteiger partial charge on any atom is -0.462 e. The molecular weight excluding hydrogens is 715 g/mol. The molecule has 324 valence electrons. The normalized spacial score (nSPS) is 13.3. The number of phosphoric ester groups is 1. The van der Waals surface area contributed by atoms with Crippen LogP contribution in [0.2, 0.25) is 0 Å². The summed E-state index contributed by atoms with van der Waals surface area (Å²) in [6, 6.07) is 0. The summed E-state index contributed by atoms with van der Waals surface area (Å²) in [6.45, 7) is 11.8. The molecule has 0 aliphatic rings. The van der Waals surface area contributed by atoms with Crippen LogP contribution in [-0.2, 0) is 37.2 Å². The molecule has 0 amide bonds. The van der Waals surface area contributed by atoms with Crippen molar-refractivity contribution < 1.29 is 41.7 Å². The van der Waals surface area contributed by atoms with Crippen LogP contribution in [0.15, 0.2) is 0 Å². The molecule has 0 aromatic heterocycles. The molecule has 0 N–H and O–H groups in total. The minimum absolute atomic E-state index is 0.00390. The predicted molar refractivity (Wildman–Crippen MR) is 226 cm³/mol. The molecule has 0 aliphatic carbocycles. The van der Waals surface area contributed by atoms with E-state index in [1.165, 1.54) is 128 Å². The van der Waals surface area contributed by atoms with Gasteiger partial charge in [0, 0.05) is 19.3 Å². The number of unbranched alkanes of at least 4 members (excludes halogenated alkanes) is 24. The van der Waals surface area contributed by atoms with Gasteiger partial charge in [0.2, 0.25) is 6.54 Å². The van der Waals surface area contributed by atoms with Gasteiger partial charge in [0.25, 0.3) is 0 Å². The van der Waals surface area contributed by atoms with Crippen LogP contribution in [-0.4, -0.2) is 83.2 Å². The zero-order chi connectivity index (χ0) is 40.7. The smallest absolute Gasteiger partial charge is 0.462 e. The van der Waals surface area contributed by atoms with Gasteiger partial charge in [-0.3, -0.25) is 23.2 Å². The monoisotopic (exact) mass is 802 g/mol. The molecule has 0 heterocycles. The maximum atomic E-state index is 13.5. The van der Waals surface area contributed by atoms with Crippen molar-refractivity contribution in [1.29, 1.82) is 0 Å². The Morgan fingerprint density at radius 1 is 0.545 bits per heavy atom. The summed E-state index contributed by atoms with van der Waals surface area (Å²) in [5.41, 5.74) is 0. The average molecular weight is 802 g/mol. The quantitative estimate of drug-likeness (QED) is 0.0198. The van der Waals surface area contributed by atoms with E-state index in [0.29, 0.717) is 12.8 Å². The van der Waals surface area contributed by atoms with Crippen LogP contribution in [0.25, 0.3) is 4.85 Å². The maximum Gasteiger partial charge on any atom is 0.475 e. The molecule has 0 aromatic carbocycles. The van der Waals surface area contributed by atoms with Gasteiger partial charge in [-0.1, -0.05) is 168 Å². The summed E-state index contributed by atoms with van der Waals surface area (Å²) in [4.78, 5) is 28.8. The fourth-order valence-electron chi connectivity index (χ4n) is 6.39. The molecule has 0 bridgehead atoms. The van der Waals surface area contributed by atoms with Crippen LogP contribution in [0.5, 0.6) is 0 Å². The SMILES string of the molecule is [C-]#[N+]CCOP(=O)(OCCC[N+](C)(C)C)OCC(COC(=O)CCCCCCCCCCCCCCC)OC(=O)CCCCCCCCCCCCCCC. The van der Waals surface area contributed by atoms with Gasteiger partial charge in [0.15, 0.2) is 6.10 Å². The maximum absolute atomic E-state index is 13.5. The molecule has 55 heavy (non-hydrogen) atoms. The van der Waals surface area contributed by atoms with Gasteiger partial charge in [-0.05, 0) is 12.8 Å². The topological polar surface area (TPSA) is 102 Å². The molecule has 0 spiro atoms. The highest BCUT2D eigenvalue weighted by molar-refractivity contribution is 7.48. The second-order valence-electron chi connectivity index (χ2n) is 16.4. The van der Waals surface area contributed by atoms with Crippen molar-refractivity contribution in [3.63, 3.8) is 0 Å². The second kappa shape index (κ2) is 38.0. The lowest BCUT2D eigenvalue weighted by Gasteiger charge is -2.25. The Balaban J connectivity index is 4.75. The molecule has 11 heteroatoms. The minimum atomic E-state index is -4.05. The summed E-state index contributed by atoms with van der Waals surface area (Å²) in [6.07, 6.45) is 32.0. The third kappa shape index (κ3) is 39.1. The van der Waals surface area contributed by atoms with Crippen molar-refractivity contribution in [2.24, 2.45) is 0 Å². The molecule has 0 rings (SSSR count). The van der Waals surface area contributed by atoms with E-state index >= 15 is 0 Å². The van der Waals surface area contributed by atoms with Crippen molar-refractivity contribution in [1.82, 2.24) is 0 Å². The highest BCUT2D eigenvalue weighted by Crippen LogP contribution is 2.49. The fraction of sp³-hybridized carbons (Fsp3) is 0.932. The zero-order valence-electron chi connectivity index (χ0n) is 36.4. The van der Waals surface area contributed by atoms with Crippen LogP contribution >= 0.6 is 7.82 Å². The van der Waals surface area contributed by atoms with Gasteiger partial charge in [-0.2, -0.15) is 0 Å². The first-order chi connectivity index (χ1) is 26.5. The van der Waals surface area contributed by atoms with Gasteiger partial charge < -0.3 is 18.8 Å². The summed E-state index contributed by atoms with van der Waals surface area (Å²) in [5.74, 6) is -0.759. The molecule has 0 aromatic rings. The number of carbonyl (C=O) groups is 2. The molecule has 0 radical (unpaired) electrons. The van der Waals surface area contributed by atoms with Crippen molar-refractivity contribution in [3.8, 4) is 0 Å². The first-order valence-electron chi connectivity index (χ1n) is 22.6. The van der Waals surface area contributed by atoms with Crippen molar-refractivity contribution in [2.45, 2.75) is 206 Å². The Morgan fingerprint density at radius 2 is 0.945 bits per heavy atom. The van der Waals surface area contributed by atoms with Gasteiger partial charge in [0.1, 0.15) is 13.2 Å². The van der Waals surface area contributed by atoms with Crippen molar-refractivity contribution in [3.05, 3.63) is 11.4 Å². The Labute approximate surface area is 338 Å². The van der Waals surface area contributed by atoms with Gasteiger partial charge in [-0.25, -0.2) is 11.1 Å². The molecule has 0 fully saturated rings. The van der Waals surface area contributed by atoms with Crippen LogP contribution < -0.4 is 0 Å². The Kier molecular flexibility index (Phi) is 37.0. The summed E-state index contributed by atoms with van der Waals surface area (Å²) < 4.78 is 42.1. The third-order valence-corrected chi connectivity index (χ3v) is 11.3. The largest absolute Gasteiger partial charge is 0.475 e. The number of ether oxygens (including phenoxy) is 2. The Morgan fingerprint density at radius 3 is 1.36 bits per heavy atom. The van der Waals surface area contributed by atoms with Gasteiger partial charge >= 0.3 is 19.8 Å². The Bertz CT molecular complexity index is 984. The summed E-state index contributed by atoms with van der Waals surface area (Å²) in [7, 11) is 2.11. The van der Waals surface area contributed by atoms with E-state index in [4.69, 9.17) is 29.6 Å². The van der Waals surface area contributed by atoms with Crippen LogP contribution in [0.4, 0.5) is 0 Å². The van der Waals surface area contributed by atoms with Crippen LogP contribution in [0.1, 0.15) is 200 Å². The Hall–Kier alpha value is -1.50. The van der Waals surface area contributed by atoms with Crippen molar-refractivity contribution >= 4 is 19.8 Å². The van der Waals surface area contributed by atoms with E-state index in [1.54, 1.807) is 0 Å². The molecule has 2 unspecified atom stereocenters. The van der Waals surface area contributed by atoms with Gasteiger partial charge in [-0.15, -0.1) is 0 Å². The first-order valence-corrected chi connectivity index (χ1v) is 24.0. The van der Waals surface area contributed by atoms with E-state index < -0.39 is 19.9 Å². The number of quaternary nitrogens is 1. The molecular formula is C44H86N2O8P+. The number of nitrogens with zero attached hydrogens (tertiary/aromatic N) is 2. The molecule has 2 atom stereocenters. The second-order valence-corrected chi connectivity index (χ2v) is 18.1. The lowest BCUT2D eigenvalue weighted by Crippen LogP contribution is -2.35. The summed E-state index contributed by atoms with van der Waals surface area (Å²) >= 11 is 0. The predicted octanol–water partition coefficient (Wildman–Crippen LogP) is 12.6. The standard InChI is InChI=1S/C44H86N2O8P/c1-7-9-11-13-15-17-19-21-23-25-27-29-31-34-43(47)50-40-42(41-53-55(49,52-39-36-45-3)51-38-33-37-46(4,5)6)54-44(48)35-32-30-28-26-24-22-20-18-16-14-12-10-8-2/h42H,7-41H2,1-2,4-6H3/q+1. The third-order valence-electron chi connectivity index (χ3n) is 9.79. The zero-order valence-corrected chi connectivity index (χ0v) is 37.3. The number of hydrogen-bond acceptors (Lipinski definition) is 8. The lowest BCUT2D eigenvalue weighted by atomic mass is 10.0. The highest BCUT2D eigenvalue weighted by Gasteiger charge is 2.30. The average Bonchev–Trinajstić information content (AvgIpc) is 3.15. The van der Waals surface area contributed by atoms with E-state index in [2.05, 4.69) is 39.8 Å².